The molecule has 172 valence electrons. The van der Waals surface area contributed by atoms with Gasteiger partial charge in [-0.05, 0) is 61.1 Å². The highest BCUT2D eigenvalue weighted by Gasteiger charge is 2.26. The molecular formula is C26H27NO6. The highest BCUT2D eigenvalue weighted by molar-refractivity contribution is 6.22. The first-order chi connectivity index (χ1) is 15.8. The van der Waals surface area contributed by atoms with Crippen LogP contribution in [0, 0.1) is 0 Å². The molecule has 4 rings (SSSR count). The third-order valence-electron chi connectivity index (χ3n) is 5.58. The van der Waals surface area contributed by atoms with Gasteiger partial charge in [-0.25, -0.2) is 14.4 Å². The molecule has 0 aromatic heterocycles. The van der Waals surface area contributed by atoms with Crippen molar-refractivity contribution in [3.63, 3.8) is 0 Å². The molecule has 1 aliphatic carbocycles. The number of rotatable bonds is 4. The van der Waals surface area contributed by atoms with E-state index in [0.717, 1.165) is 36.9 Å². The fourth-order valence-corrected chi connectivity index (χ4v) is 3.90. The minimum absolute atomic E-state index is 0.118. The van der Waals surface area contributed by atoms with E-state index in [0.29, 0.717) is 17.7 Å². The molecule has 0 amide bonds. The van der Waals surface area contributed by atoms with E-state index >= 15 is 0 Å². The summed E-state index contributed by atoms with van der Waals surface area (Å²) in [5.41, 5.74) is 5.17. The van der Waals surface area contributed by atoms with Gasteiger partial charge in [0.05, 0.1) is 5.57 Å². The number of likely N-dealkylation sites (tertiary alicyclic amines) is 1. The van der Waals surface area contributed by atoms with E-state index in [4.69, 9.17) is 14.9 Å². The van der Waals surface area contributed by atoms with Gasteiger partial charge in [0.2, 0.25) is 0 Å². The van der Waals surface area contributed by atoms with Gasteiger partial charge in [0, 0.05) is 18.7 Å². The Morgan fingerprint density at radius 1 is 0.939 bits per heavy atom. The molecule has 1 heterocycles. The number of carboxylic acids is 2. The Kier molecular flexibility index (Phi) is 8.16. The van der Waals surface area contributed by atoms with Crippen LogP contribution in [0.15, 0.2) is 60.7 Å². The largest absolute Gasteiger partial charge is 0.478 e. The number of carboxylic acid groups (broad SMARTS) is 2. The Hall–Kier alpha value is -3.71. The van der Waals surface area contributed by atoms with Crippen molar-refractivity contribution in [1.29, 1.82) is 0 Å². The number of benzene rings is 2. The molecule has 1 saturated heterocycles. The number of carbonyl (C=O) groups excluding carboxylic acids is 1. The molecule has 33 heavy (non-hydrogen) atoms. The molecule has 2 aromatic rings. The standard InChI is InChI=1S/C22H23NO2.C4H4O4/c1-23-13-7-6-12-21(23)25-22(24)20-15-17-9-3-2-8-16(17)14-18-10-4-5-11-19(18)20;5-3(6)1-2-4(7)8/h2-5,8-11,15,21H,6-7,12-14H2,1H3;1-2H,(H,5,6)(H,7,8)/b;2-1-. The van der Waals surface area contributed by atoms with Crippen LogP contribution in [0.1, 0.15) is 41.5 Å². The lowest BCUT2D eigenvalue weighted by atomic mass is 9.98. The van der Waals surface area contributed by atoms with Crippen LogP contribution in [0.5, 0.6) is 0 Å². The number of esters is 1. The minimum atomic E-state index is -1.26. The molecule has 0 bridgehead atoms. The fourth-order valence-electron chi connectivity index (χ4n) is 3.90. The first kappa shape index (κ1) is 23.9. The summed E-state index contributed by atoms with van der Waals surface area (Å²) in [7, 11) is 2.03. The zero-order chi connectivity index (χ0) is 23.8. The lowest BCUT2D eigenvalue weighted by Crippen LogP contribution is -2.39. The number of hydrogen-bond donors (Lipinski definition) is 2. The fraction of sp³-hybridized carbons (Fsp3) is 0.269. The first-order valence-corrected chi connectivity index (χ1v) is 10.8. The van der Waals surface area contributed by atoms with Gasteiger partial charge >= 0.3 is 17.9 Å². The van der Waals surface area contributed by atoms with Crippen molar-refractivity contribution in [2.75, 3.05) is 13.6 Å². The summed E-state index contributed by atoms with van der Waals surface area (Å²) in [5, 5.41) is 15.6. The Bertz CT molecular complexity index is 1070. The van der Waals surface area contributed by atoms with Crippen LogP contribution in [0.25, 0.3) is 11.6 Å². The lowest BCUT2D eigenvalue weighted by Gasteiger charge is -2.32. The second kappa shape index (κ2) is 11.2. The van der Waals surface area contributed by atoms with Crippen LogP contribution in [-0.2, 0) is 25.5 Å². The predicted octanol–water partition coefficient (Wildman–Crippen LogP) is 3.83. The quantitative estimate of drug-likeness (QED) is 0.540. The van der Waals surface area contributed by atoms with E-state index in [9.17, 15) is 14.4 Å². The number of carbonyl (C=O) groups is 3. The van der Waals surface area contributed by atoms with E-state index in [-0.39, 0.29) is 12.2 Å². The normalized spacial score (nSPS) is 17.5. The molecule has 2 aromatic carbocycles. The van der Waals surface area contributed by atoms with E-state index in [1.54, 1.807) is 0 Å². The van der Waals surface area contributed by atoms with Crippen LogP contribution in [0.2, 0.25) is 0 Å². The minimum Gasteiger partial charge on any atom is -0.478 e. The van der Waals surface area contributed by atoms with Gasteiger partial charge < -0.3 is 14.9 Å². The molecule has 1 atom stereocenters. The monoisotopic (exact) mass is 449 g/mol. The van der Waals surface area contributed by atoms with E-state index in [1.807, 2.05) is 37.4 Å². The van der Waals surface area contributed by atoms with Crippen molar-refractivity contribution in [3.05, 3.63) is 82.9 Å². The van der Waals surface area contributed by atoms with Crippen LogP contribution in [-0.4, -0.2) is 52.8 Å². The lowest BCUT2D eigenvalue weighted by molar-refractivity contribution is -0.153. The summed E-state index contributed by atoms with van der Waals surface area (Å²) in [4.78, 5) is 34.3. The third kappa shape index (κ3) is 6.63. The van der Waals surface area contributed by atoms with Crippen molar-refractivity contribution in [2.24, 2.45) is 0 Å². The van der Waals surface area contributed by atoms with Crippen molar-refractivity contribution in [3.8, 4) is 0 Å². The maximum absolute atomic E-state index is 13.0. The number of ether oxygens (including phenoxy) is 1. The third-order valence-corrected chi connectivity index (χ3v) is 5.58. The summed E-state index contributed by atoms with van der Waals surface area (Å²) in [6.45, 7) is 0.983. The van der Waals surface area contributed by atoms with Gasteiger partial charge in [-0.3, -0.25) is 4.90 Å². The van der Waals surface area contributed by atoms with Crippen LogP contribution in [0.4, 0.5) is 0 Å². The average molecular weight is 450 g/mol. The molecule has 1 unspecified atom stereocenters. The van der Waals surface area contributed by atoms with Crippen molar-refractivity contribution in [2.45, 2.75) is 31.9 Å². The van der Waals surface area contributed by atoms with Crippen LogP contribution < -0.4 is 0 Å². The summed E-state index contributed by atoms with van der Waals surface area (Å²) in [6, 6.07) is 16.4. The number of hydrogen-bond acceptors (Lipinski definition) is 5. The molecule has 2 N–H and O–H groups in total. The molecule has 0 spiro atoms. The summed E-state index contributed by atoms with van der Waals surface area (Å²) in [5.74, 6) is -2.73. The molecule has 1 fully saturated rings. The van der Waals surface area contributed by atoms with Gasteiger partial charge in [0.15, 0.2) is 6.23 Å². The topological polar surface area (TPSA) is 104 Å². The maximum atomic E-state index is 13.0. The van der Waals surface area contributed by atoms with Gasteiger partial charge in [-0.15, -0.1) is 0 Å². The van der Waals surface area contributed by atoms with E-state index in [2.05, 4.69) is 29.2 Å². The van der Waals surface area contributed by atoms with E-state index in [1.165, 1.54) is 17.5 Å². The number of nitrogens with zero attached hydrogens (tertiary/aromatic N) is 1. The Morgan fingerprint density at radius 2 is 1.58 bits per heavy atom. The average Bonchev–Trinajstić information content (AvgIpc) is 2.96. The van der Waals surface area contributed by atoms with Crippen molar-refractivity contribution < 1.29 is 29.3 Å². The summed E-state index contributed by atoms with van der Waals surface area (Å²) in [6.07, 6.45) is 7.02. The number of aliphatic carboxylic acids is 2. The maximum Gasteiger partial charge on any atom is 0.340 e. The first-order valence-electron chi connectivity index (χ1n) is 10.8. The number of fused-ring (bicyclic) bond motifs is 2. The molecule has 1 aliphatic heterocycles. The highest BCUT2D eigenvalue weighted by Crippen LogP contribution is 2.31. The number of piperidine rings is 1. The molecule has 7 heteroatoms. The molecule has 7 nitrogen and oxygen atoms in total. The van der Waals surface area contributed by atoms with Crippen molar-refractivity contribution >= 4 is 29.6 Å². The zero-order valence-electron chi connectivity index (χ0n) is 18.4. The summed E-state index contributed by atoms with van der Waals surface area (Å²) < 4.78 is 5.89. The van der Waals surface area contributed by atoms with E-state index < -0.39 is 11.9 Å². The van der Waals surface area contributed by atoms with Gasteiger partial charge in [-0.2, -0.15) is 0 Å². The van der Waals surface area contributed by atoms with Crippen molar-refractivity contribution in [1.82, 2.24) is 4.90 Å². The smallest absolute Gasteiger partial charge is 0.340 e. The van der Waals surface area contributed by atoms with Crippen LogP contribution >= 0.6 is 0 Å². The summed E-state index contributed by atoms with van der Waals surface area (Å²) >= 11 is 0. The molecule has 0 radical (unpaired) electrons. The Labute approximate surface area is 192 Å². The Morgan fingerprint density at radius 3 is 2.24 bits per heavy atom. The van der Waals surface area contributed by atoms with Gasteiger partial charge in [0.25, 0.3) is 0 Å². The second-order valence-corrected chi connectivity index (χ2v) is 7.94. The zero-order valence-corrected chi connectivity index (χ0v) is 18.4. The van der Waals surface area contributed by atoms with Gasteiger partial charge in [-0.1, -0.05) is 48.5 Å². The molecule has 0 saturated carbocycles. The highest BCUT2D eigenvalue weighted by atomic mass is 16.6. The second-order valence-electron chi connectivity index (χ2n) is 7.94. The SMILES string of the molecule is CN1CCCCC1OC(=O)C1=Cc2ccccc2Cc2ccccc21.O=C(O)/C=C\C(=O)O. The Balaban J connectivity index is 0.000000331. The van der Waals surface area contributed by atoms with Gasteiger partial charge in [0.1, 0.15) is 0 Å². The molecule has 2 aliphatic rings. The predicted molar refractivity (Wildman–Crippen MR) is 124 cm³/mol. The van der Waals surface area contributed by atoms with Crippen LogP contribution in [0.3, 0.4) is 0 Å². The molecular weight excluding hydrogens is 422 g/mol.